The van der Waals surface area contributed by atoms with Crippen molar-refractivity contribution in [1.82, 2.24) is 14.7 Å². The van der Waals surface area contributed by atoms with Gasteiger partial charge in [0.1, 0.15) is 5.69 Å². The maximum absolute atomic E-state index is 12.3. The third kappa shape index (κ3) is 2.95. The topological polar surface area (TPSA) is 38.1 Å². The summed E-state index contributed by atoms with van der Waals surface area (Å²) in [5.41, 5.74) is 1.64. The van der Waals surface area contributed by atoms with Crippen LogP contribution in [0.5, 0.6) is 0 Å². The molecule has 4 nitrogen and oxygen atoms in total. The fourth-order valence-electron chi connectivity index (χ4n) is 5.02. The van der Waals surface area contributed by atoms with Crippen molar-refractivity contribution >= 4 is 11.3 Å². The fraction of sp³-hybridized carbons (Fsp3) is 0.579. The van der Waals surface area contributed by atoms with Gasteiger partial charge in [0.25, 0.3) is 5.56 Å². The Labute approximate surface area is 147 Å². The van der Waals surface area contributed by atoms with Crippen LogP contribution in [-0.4, -0.2) is 27.3 Å². The van der Waals surface area contributed by atoms with E-state index >= 15 is 0 Å². The summed E-state index contributed by atoms with van der Waals surface area (Å²) < 4.78 is 1.64. The molecule has 4 rings (SSSR count). The average molecular weight is 343 g/mol. The summed E-state index contributed by atoms with van der Waals surface area (Å²) in [5, 5.41) is 6.67. The van der Waals surface area contributed by atoms with Crippen molar-refractivity contribution in [3.05, 3.63) is 40.0 Å². The molecule has 2 bridgehead atoms. The van der Waals surface area contributed by atoms with Gasteiger partial charge in [-0.2, -0.15) is 5.10 Å². The van der Waals surface area contributed by atoms with Crippen LogP contribution in [0.2, 0.25) is 0 Å². The molecule has 2 fully saturated rings. The Balaban J connectivity index is 1.60. The zero-order valence-electron chi connectivity index (χ0n) is 14.7. The summed E-state index contributed by atoms with van der Waals surface area (Å²) in [6.45, 7) is 8.83. The van der Waals surface area contributed by atoms with Crippen LogP contribution in [0, 0.1) is 10.8 Å². The summed E-state index contributed by atoms with van der Waals surface area (Å²) in [5.74, 6) is 0. The monoisotopic (exact) mass is 343 g/mol. The van der Waals surface area contributed by atoms with Crippen molar-refractivity contribution in [3.8, 4) is 10.6 Å². The van der Waals surface area contributed by atoms with E-state index in [1.165, 1.54) is 19.3 Å². The molecule has 0 unspecified atom stereocenters. The summed E-state index contributed by atoms with van der Waals surface area (Å²) >= 11 is 1.66. The molecule has 1 aliphatic carbocycles. The molecular formula is C19H25N3OS. The number of thiophene rings is 1. The molecular weight excluding hydrogens is 318 g/mol. The molecule has 0 radical (unpaired) electrons. The van der Waals surface area contributed by atoms with Crippen LogP contribution in [0.25, 0.3) is 10.6 Å². The minimum Gasteiger partial charge on any atom is -0.281 e. The highest BCUT2D eigenvalue weighted by Crippen LogP contribution is 2.52. The van der Waals surface area contributed by atoms with Gasteiger partial charge in [-0.1, -0.05) is 26.8 Å². The Morgan fingerprint density at radius 1 is 1.25 bits per heavy atom. The van der Waals surface area contributed by atoms with Gasteiger partial charge in [0.15, 0.2) is 0 Å². The van der Waals surface area contributed by atoms with Gasteiger partial charge in [0.05, 0.1) is 11.5 Å². The molecule has 2 aromatic rings. The van der Waals surface area contributed by atoms with Gasteiger partial charge in [-0.15, -0.1) is 11.3 Å². The van der Waals surface area contributed by atoms with Gasteiger partial charge >= 0.3 is 0 Å². The molecule has 0 amide bonds. The van der Waals surface area contributed by atoms with E-state index in [1.54, 1.807) is 22.1 Å². The number of fused-ring (bicyclic) bond motifs is 2. The average Bonchev–Trinajstić information content (AvgIpc) is 3.07. The summed E-state index contributed by atoms with van der Waals surface area (Å²) in [7, 11) is 0. The maximum Gasteiger partial charge on any atom is 0.268 e. The standard InChI is InChI=1S/C19H25N3OS/c1-18(2)9-14-10-19(3,11-18)12-21(14)13-22-17(23)7-6-15(20-22)16-5-4-8-24-16/h4-8,14H,9-13H2,1-3H3/t14-,19+/m1/s1. The van der Waals surface area contributed by atoms with E-state index in [1.807, 2.05) is 23.6 Å². The van der Waals surface area contributed by atoms with E-state index in [0.29, 0.717) is 23.5 Å². The number of hydrogen-bond acceptors (Lipinski definition) is 4. The van der Waals surface area contributed by atoms with Crippen LogP contribution in [0.15, 0.2) is 34.4 Å². The van der Waals surface area contributed by atoms with Crippen molar-refractivity contribution < 1.29 is 0 Å². The smallest absolute Gasteiger partial charge is 0.268 e. The first-order valence-corrected chi connectivity index (χ1v) is 9.58. The SMILES string of the molecule is CC1(C)C[C@@H]2C[C@](C)(CN2Cn2nc(-c3cccs3)ccc2=O)C1. The number of likely N-dealkylation sites (tertiary alicyclic amines) is 1. The summed E-state index contributed by atoms with van der Waals surface area (Å²) in [4.78, 5) is 15.9. The number of hydrogen-bond donors (Lipinski definition) is 0. The molecule has 2 aromatic heterocycles. The van der Waals surface area contributed by atoms with E-state index in [4.69, 9.17) is 0 Å². The fourth-order valence-corrected chi connectivity index (χ4v) is 5.71. The quantitative estimate of drug-likeness (QED) is 0.850. The first kappa shape index (κ1) is 16.0. The molecule has 2 atom stereocenters. The molecule has 1 saturated heterocycles. The van der Waals surface area contributed by atoms with Gasteiger partial charge in [-0.3, -0.25) is 9.69 Å². The zero-order chi connectivity index (χ0) is 16.9. The van der Waals surface area contributed by atoms with E-state index in [0.717, 1.165) is 17.1 Å². The number of aromatic nitrogens is 2. The minimum atomic E-state index is -0.0128. The van der Waals surface area contributed by atoms with E-state index in [-0.39, 0.29) is 5.56 Å². The number of nitrogens with zero attached hydrogens (tertiary/aromatic N) is 3. The van der Waals surface area contributed by atoms with Crippen molar-refractivity contribution in [2.75, 3.05) is 6.54 Å². The lowest BCUT2D eigenvalue weighted by atomic mass is 9.65. The lowest BCUT2D eigenvalue weighted by Crippen LogP contribution is -2.38. The Morgan fingerprint density at radius 2 is 2.08 bits per heavy atom. The highest BCUT2D eigenvalue weighted by atomic mass is 32.1. The second-order valence-corrected chi connectivity index (χ2v) is 9.58. The van der Waals surface area contributed by atoms with Crippen LogP contribution in [0.1, 0.15) is 40.0 Å². The largest absolute Gasteiger partial charge is 0.281 e. The van der Waals surface area contributed by atoms with Crippen LogP contribution >= 0.6 is 11.3 Å². The molecule has 0 aromatic carbocycles. The highest BCUT2D eigenvalue weighted by Gasteiger charge is 2.49. The first-order chi connectivity index (χ1) is 11.3. The first-order valence-electron chi connectivity index (χ1n) is 8.70. The van der Waals surface area contributed by atoms with Gasteiger partial charge in [0, 0.05) is 18.7 Å². The summed E-state index contributed by atoms with van der Waals surface area (Å²) in [6, 6.07) is 8.11. The lowest BCUT2D eigenvalue weighted by molar-refractivity contribution is 0.119. The van der Waals surface area contributed by atoms with Gasteiger partial charge in [0.2, 0.25) is 0 Å². The van der Waals surface area contributed by atoms with Crippen molar-refractivity contribution in [2.24, 2.45) is 10.8 Å². The Bertz CT molecular complexity index is 795. The van der Waals surface area contributed by atoms with E-state index < -0.39 is 0 Å². The zero-order valence-corrected chi connectivity index (χ0v) is 15.5. The Kier molecular flexibility index (Phi) is 3.69. The molecule has 2 aliphatic rings. The Morgan fingerprint density at radius 3 is 2.83 bits per heavy atom. The normalized spacial score (nSPS) is 29.0. The lowest BCUT2D eigenvalue weighted by Gasteiger charge is -2.39. The molecule has 0 spiro atoms. The molecule has 0 N–H and O–H groups in total. The molecule has 1 aliphatic heterocycles. The van der Waals surface area contributed by atoms with Crippen LogP contribution in [-0.2, 0) is 6.67 Å². The third-order valence-corrected chi connectivity index (χ3v) is 6.37. The van der Waals surface area contributed by atoms with E-state index in [9.17, 15) is 4.79 Å². The molecule has 1 saturated carbocycles. The van der Waals surface area contributed by atoms with Crippen LogP contribution < -0.4 is 5.56 Å². The Hall–Kier alpha value is -1.46. The maximum atomic E-state index is 12.3. The third-order valence-electron chi connectivity index (χ3n) is 5.48. The van der Waals surface area contributed by atoms with E-state index in [2.05, 4.69) is 30.8 Å². The highest BCUT2D eigenvalue weighted by molar-refractivity contribution is 7.13. The molecule has 5 heteroatoms. The van der Waals surface area contributed by atoms with Crippen molar-refractivity contribution in [2.45, 2.75) is 52.7 Å². The second kappa shape index (κ2) is 5.53. The second-order valence-electron chi connectivity index (χ2n) is 8.64. The van der Waals surface area contributed by atoms with Gasteiger partial charge in [-0.25, -0.2) is 4.68 Å². The van der Waals surface area contributed by atoms with Crippen LogP contribution in [0.4, 0.5) is 0 Å². The van der Waals surface area contributed by atoms with Crippen LogP contribution in [0.3, 0.4) is 0 Å². The predicted octanol–water partition coefficient (Wildman–Crippen LogP) is 3.83. The molecule has 24 heavy (non-hydrogen) atoms. The van der Waals surface area contributed by atoms with Gasteiger partial charge in [-0.05, 0) is 47.6 Å². The van der Waals surface area contributed by atoms with Gasteiger partial charge < -0.3 is 0 Å². The summed E-state index contributed by atoms with van der Waals surface area (Å²) in [6.07, 6.45) is 3.72. The minimum absolute atomic E-state index is 0.0128. The molecule has 3 heterocycles. The van der Waals surface area contributed by atoms with Crippen molar-refractivity contribution in [3.63, 3.8) is 0 Å². The van der Waals surface area contributed by atoms with Crippen molar-refractivity contribution in [1.29, 1.82) is 0 Å². The molecule has 128 valence electrons. The predicted molar refractivity (Wildman–Crippen MR) is 98.0 cm³/mol. The number of rotatable bonds is 3.